The number of benzene rings is 2. The van der Waals surface area contributed by atoms with Gasteiger partial charge in [0.15, 0.2) is 8.29 Å². The van der Waals surface area contributed by atoms with Crippen LogP contribution >= 0.6 is 35.3 Å². The fraction of sp³-hybridized carbons (Fsp3) is 0.167. The molecule has 26 heavy (non-hydrogen) atoms. The summed E-state index contributed by atoms with van der Waals surface area (Å²) in [6.45, 7) is 3.82. The number of thioether (sulfide) groups is 1. The molecule has 8 heteroatoms. The van der Waals surface area contributed by atoms with Crippen molar-refractivity contribution >= 4 is 46.9 Å². The van der Waals surface area contributed by atoms with E-state index in [0.29, 0.717) is 14.0 Å². The van der Waals surface area contributed by atoms with Gasteiger partial charge in [0.05, 0.1) is 10.9 Å². The molecule has 3 rings (SSSR count). The van der Waals surface area contributed by atoms with Crippen molar-refractivity contribution in [3.05, 3.63) is 63.9 Å². The van der Waals surface area contributed by atoms with Crippen molar-refractivity contribution in [1.29, 1.82) is 0 Å². The molecule has 3 aromatic rings. The molecule has 0 bridgehead atoms. The summed E-state index contributed by atoms with van der Waals surface area (Å²) in [7, 11) is 0. The maximum absolute atomic E-state index is 13.1. The topological polar surface area (TPSA) is 46.9 Å². The number of hydrogen-bond acceptors (Lipinski definition) is 5. The van der Waals surface area contributed by atoms with Crippen LogP contribution in [0.15, 0.2) is 52.9 Å². The van der Waals surface area contributed by atoms with Crippen LogP contribution in [0.5, 0.6) is 0 Å². The van der Waals surface area contributed by atoms with Crippen LogP contribution in [0.4, 0.5) is 10.1 Å². The number of aromatic nitrogens is 2. The molecule has 0 aliphatic rings. The molecule has 1 atom stereocenters. The normalized spacial score (nSPS) is 12.0. The molecule has 0 aliphatic carbocycles. The van der Waals surface area contributed by atoms with Gasteiger partial charge in [0.25, 0.3) is 0 Å². The van der Waals surface area contributed by atoms with Crippen LogP contribution in [0.25, 0.3) is 5.69 Å². The number of aryl methyl sites for hydroxylation is 1. The first-order chi connectivity index (χ1) is 12.4. The van der Waals surface area contributed by atoms with E-state index < -0.39 is 0 Å². The Hall–Kier alpha value is -2.03. The summed E-state index contributed by atoms with van der Waals surface area (Å²) in [6, 6.07) is 13.6. The smallest absolute Gasteiger partial charge is 0.237 e. The van der Waals surface area contributed by atoms with Crippen LogP contribution in [-0.2, 0) is 4.79 Å². The minimum atomic E-state index is -0.335. The van der Waals surface area contributed by atoms with Crippen molar-refractivity contribution in [3.8, 4) is 5.69 Å². The van der Waals surface area contributed by atoms with Crippen LogP contribution < -0.4 is 5.32 Å². The predicted octanol–water partition coefficient (Wildman–Crippen LogP) is 5.23. The number of halogens is 1. The lowest BCUT2D eigenvalue weighted by molar-refractivity contribution is -0.115. The number of nitrogens with zero attached hydrogens (tertiary/aromatic N) is 2. The number of amides is 1. The van der Waals surface area contributed by atoms with Crippen LogP contribution in [0.1, 0.15) is 12.5 Å². The molecule has 1 aromatic heterocycles. The van der Waals surface area contributed by atoms with Gasteiger partial charge in [0.1, 0.15) is 5.82 Å². The second-order valence-corrected chi connectivity index (χ2v) is 8.85. The van der Waals surface area contributed by atoms with Crippen molar-refractivity contribution < 1.29 is 9.18 Å². The highest BCUT2D eigenvalue weighted by Crippen LogP contribution is 2.28. The molecule has 1 amide bonds. The van der Waals surface area contributed by atoms with E-state index in [2.05, 4.69) is 10.4 Å². The second-order valence-electron chi connectivity index (χ2n) is 5.64. The Bertz CT molecular complexity index is 965. The lowest BCUT2D eigenvalue weighted by atomic mass is 10.2. The van der Waals surface area contributed by atoms with Gasteiger partial charge in [-0.05, 0) is 62.5 Å². The lowest BCUT2D eigenvalue weighted by Crippen LogP contribution is -2.22. The van der Waals surface area contributed by atoms with Gasteiger partial charge in [-0.15, -0.1) is 5.10 Å². The van der Waals surface area contributed by atoms with Gasteiger partial charge in [0.2, 0.25) is 5.91 Å². The Morgan fingerprint density at radius 3 is 2.54 bits per heavy atom. The minimum absolute atomic E-state index is 0.103. The fourth-order valence-corrected chi connectivity index (χ4v) is 4.64. The standard InChI is InChI=1S/C18H16FN3OS3/c1-11-3-7-14(8-4-11)20-16(23)12(2)25-17-21-22(18(24)26-17)15-9-5-13(19)6-10-15/h3-10,12H,1-2H3,(H,20,23)/t12-/m1/s1. The van der Waals surface area contributed by atoms with Crippen LogP contribution in [0, 0.1) is 16.7 Å². The molecule has 0 fully saturated rings. The molecule has 2 aromatic carbocycles. The summed E-state index contributed by atoms with van der Waals surface area (Å²) < 4.78 is 15.9. The first-order valence-electron chi connectivity index (χ1n) is 7.82. The Morgan fingerprint density at radius 2 is 1.88 bits per heavy atom. The zero-order chi connectivity index (χ0) is 18.7. The zero-order valence-corrected chi connectivity index (χ0v) is 16.6. The summed E-state index contributed by atoms with van der Waals surface area (Å²) in [4.78, 5) is 12.4. The van der Waals surface area contributed by atoms with E-state index in [1.165, 1.54) is 35.2 Å². The summed E-state index contributed by atoms with van der Waals surface area (Å²) in [5, 5.41) is 7.00. The van der Waals surface area contributed by atoms with Gasteiger partial charge in [-0.1, -0.05) is 40.8 Å². The van der Waals surface area contributed by atoms with E-state index in [1.54, 1.807) is 16.8 Å². The van der Waals surface area contributed by atoms with Gasteiger partial charge < -0.3 is 5.32 Å². The summed E-state index contributed by atoms with van der Waals surface area (Å²) >= 11 is 8.00. The van der Waals surface area contributed by atoms with E-state index >= 15 is 0 Å². The number of carbonyl (C=O) groups excluding carboxylic acids is 1. The van der Waals surface area contributed by atoms with Gasteiger partial charge in [-0.3, -0.25) is 4.79 Å². The molecule has 0 radical (unpaired) electrons. The van der Waals surface area contributed by atoms with Crippen molar-refractivity contribution in [2.45, 2.75) is 23.4 Å². The first-order valence-corrected chi connectivity index (χ1v) is 9.93. The summed E-state index contributed by atoms with van der Waals surface area (Å²) in [5.41, 5.74) is 2.59. The highest BCUT2D eigenvalue weighted by molar-refractivity contribution is 8.02. The molecular weight excluding hydrogens is 389 g/mol. The lowest BCUT2D eigenvalue weighted by Gasteiger charge is -2.10. The highest BCUT2D eigenvalue weighted by Gasteiger charge is 2.17. The van der Waals surface area contributed by atoms with Crippen molar-refractivity contribution in [2.75, 3.05) is 5.32 Å². The van der Waals surface area contributed by atoms with Crippen molar-refractivity contribution in [2.24, 2.45) is 0 Å². The third-order valence-corrected chi connectivity index (χ3v) is 5.98. The van der Waals surface area contributed by atoms with Crippen molar-refractivity contribution in [3.63, 3.8) is 0 Å². The zero-order valence-electron chi connectivity index (χ0n) is 14.1. The predicted molar refractivity (Wildman–Crippen MR) is 107 cm³/mol. The maximum atomic E-state index is 13.1. The van der Waals surface area contributed by atoms with E-state index in [4.69, 9.17) is 12.2 Å². The quantitative estimate of drug-likeness (QED) is 0.466. The Kier molecular flexibility index (Phi) is 5.85. The third-order valence-electron chi connectivity index (χ3n) is 3.57. The molecule has 0 saturated carbocycles. The summed E-state index contributed by atoms with van der Waals surface area (Å²) in [6.07, 6.45) is 0. The fourth-order valence-electron chi connectivity index (χ4n) is 2.14. The highest BCUT2D eigenvalue weighted by atomic mass is 32.2. The molecule has 1 N–H and O–H groups in total. The van der Waals surface area contributed by atoms with Crippen LogP contribution in [0.2, 0.25) is 0 Å². The molecule has 1 heterocycles. The maximum Gasteiger partial charge on any atom is 0.237 e. The number of rotatable bonds is 5. The number of carbonyl (C=O) groups is 1. The van der Waals surface area contributed by atoms with E-state index in [0.717, 1.165) is 11.3 Å². The molecule has 0 spiro atoms. The molecular formula is C18H16FN3OS3. The van der Waals surface area contributed by atoms with E-state index in [1.807, 2.05) is 38.1 Å². The van der Waals surface area contributed by atoms with E-state index in [9.17, 15) is 9.18 Å². The monoisotopic (exact) mass is 405 g/mol. The molecule has 134 valence electrons. The molecule has 0 unspecified atom stereocenters. The molecule has 0 saturated heterocycles. The van der Waals surface area contributed by atoms with Crippen LogP contribution in [0.3, 0.4) is 0 Å². The van der Waals surface area contributed by atoms with Gasteiger partial charge in [0, 0.05) is 5.69 Å². The summed E-state index contributed by atoms with van der Waals surface area (Å²) in [5.74, 6) is -0.417. The van der Waals surface area contributed by atoms with Gasteiger partial charge in [-0.25, -0.2) is 9.07 Å². The minimum Gasteiger partial charge on any atom is -0.325 e. The van der Waals surface area contributed by atoms with Gasteiger partial charge >= 0.3 is 0 Å². The van der Waals surface area contributed by atoms with E-state index in [-0.39, 0.29) is 17.0 Å². The average molecular weight is 406 g/mol. The first kappa shape index (κ1) is 18.8. The largest absolute Gasteiger partial charge is 0.325 e. The molecule has 4 nitrogen and oxygen atoms in total. The number of hydrogen-bond donors (Lipinski definition) is 1. The molecule has 0 aliphatic heterocycles. The average Bonchev–Trinajstić information content (AvgIpc) is 2.97. The number of nitrogens with one attached hydrogen (secondary N) is 1. The van der Waals surface area contributed by atoms with Crippen LogP contribution in [-0.4, -0.2) is 20.9 Å². The van der Waals surface area contributed by atoms with Gasteiger partial charge in [-0.2, -0.15) is 0 Å². The third kappa shape index (κ3) is 4.57. The number of anilines is 1. The SMILES string of the molecule is Cc1ccc(NC(=O)[C@@H](C)Sc2nn(-c3ccc(F)cc3)c(=S)s2)cc1. The van der Waals surface area contributed by atoms with Crippen molar-refractivity contribution in [1.82, 2.24) is 9.78 Å². The Labute approximate surface area is 164 Å². The Balaban J connectivity index is 1.69. The second kappa shape index (κ2) is 8.11. The Morgan fingerprint density at radius 1 is 1.23 bits per heavy atom.